The Kier molecular flexibility index (Phi) is 5.58. The highest BCUT2D eigenvalue weighted by atomic mass is 32.2. The summed E-state index contributed by atoms with van der Waals surface area (Å²) in [6.45, 7) is 2.22. The third-order valence-electron chi connectivity index (χ3n) is 4.65. The van der Waals surface area contributed by atoms with Gasteiger partial charge in [0.2, 0.25) is 10.0 Å². The first-order valence-electron chi connectivity index (χ1n) is 9.17. The number of aromatic nitrogens is 1. The Hall–Kier alpha value is -2.80. The van der Waals surface area contributed by atoms with Gasteiger partial charge >= 0.3 is 0 Å². The Morgan fingerprint density at radius 1 is 0.897 bits per heavy atom. The molecule has 4 aromatic rings. The first kappa shape index (κ1) is 19.5. The molecule has 0 fully saturated rings. The van der Waals surface area contributed by atoms with Crippen LogP contribution in [0.5, 0.6) is 0 Å². The molecule has 0 aliphatic rings. The van der Waals surface area contributed by atoms with Crippen LogP contribution in [0.4, 0.5) is 0 Å². The molecule has 2 aromatic carbocycles. The van der Waals surface area contributed by atoms with Crippen LogP contribution in [0, 0.1) is 6.92 Å². The summed E-state index contributed by atoms with van der Waals surface area (Å²) in [6, 6.07) is 22.7. The summed E-state index contributed by atoms with van der Waals surface area (Å²) in [7, 11) is -3.62. The number of benzene rings is 2. The van der Waals surface area contributed by atoms with Crippen LogP contribution in [0.25, 0.3) is 21.7 Å². The highest BCUT2D eigenvalue weighted by molar-refractivity contribution is 7.89. The normalized spacial score (nSPS) is 11.5. The van der Waals surface area contributed by atoms with E-state index in [4.69, 9.17) is 0 Å². The number of nitrogens with zero attached hydrogens (tertiary/aromatic N) is 1. The molecular weight excluding hydrogens is 400 g/mol. The average molecular weight is 421 g/mol. The van der Waals surface area contributed by atoms with E-state index in [1.54, 1.807) is 29.7 Å². The SMILES string of the molecule is Cc1ccc(-c2ccc(S(=O)(=O)NCc3cccnc3-c3cccs3)cc2)cc1. The van der Waals surface area contributed by atoms with Crippen molar-refractivity contribution in [2.75, 3.05) is 0 Å². The Morgan fingerprint density at radius 3 is 2.24 bits per heavy atom. The van der Waals surface area contributed by atoms with Crippen LogP contribution in [0.15, 0.2) is 89.3 Å². The number of sulfonamides is 1. The van der Waals surface area contributed by atoms with Gasteiger partial charge in [-0.1, -0.05) is 54.1 Å². The number of rotatable bonds is 6. The van der Waals surface area contributed by atoms with Crippen LogP contribution in [0.2, 0.25) is 0 Å². The standard InChI is InChI=1S/C23H20N2O2S2/c1-17-6-8-18(9-7-17)19-10-12-21(13-11-19)29(26,27)25-16-20-4-2-14-24-23(20)22-5-3-15-28-22/h2-15,25H,16H2,1H3. The molecule has 2 heterocycles. The van der Waals surface area contributed by atoms with Gasteiger partial charge in [-0.15, -0.1) is 11.3 Å². The molecular formula is C23H20N2O2S2. The summed E-state index contributed by atoms with van der Waals surface area (Å²) in [6.07, 6.45) is 1.72. The largest absolute Gasteiger partial charge is 0.255 e. The lowest BCUT2D eigenvalue weighted by Crippen LogP contribution is -2.23. The molecule has 6 heteroatoms. The number of thiophene rings is 1. The fourth-order valence-electron chi connectivity index (χ4n) is 3.05. The maximum atomic E-state index is 12.8. The molecule has 4 rings (SSSR count). The molecule has 146 valence electrons. The van der Waals surface area contributed by atoms with Crippen LogP contribution in [0.3, 0.4) is 0 Å². The monoisotopic (exact) mass is 420 g/mol. The van der Waals surface area contributed by atoms with Crippen molar-refractivity contribution in [1.29, 1.82) is 0 Å². The summed E-state index contributed by atoms with van der Waals surface area (Å²) in [4.78, 5) is 5.68. The zero-order valence-corrected chi connectivity index (χ0v) is 17.5. The lowest BCUT2D eigenvalue weighted by molar-refractivity contribution is 0.581. The fourth-order valence-corrected chi connectivity index (χ4v) is 4.81. The second kappa shape index (κ2) is 8.29. The third-order valence-corrected chi connectivity index (χ3v) is 6.94. The smallest absolute Gasteiger partial charge is 0.240 e. The molecule has 0 radical (unpaired) electrons. The topological polar surface area (TPSA) is 59.1 Å². The number of hydrogen-bond acceptors (Lipinski definition) is 4. The van der Waals surface area contributed by atoms with Crippen molar-refractivity contribution in [2.45, 2.75) is 18.4 Å². The van der Waals surface area contributed by atoms with Crippen molar-refractivity contribution in [3.8, 4) is 21.7 Å². The molecule has 0 aliphatic carbocycles. The molecule has 0 saturated carbocycles. The number of nitrogens with one attached hydrogen (secondary N) is 1. The molecule has 29 heavy (non-hydrogen) atoms. The van der Waals surface area contributed by atoms with Crippen molar-refractivity contribution in [2.24, 2.45) is 0 Å². The van der Waals surface area contributed by atoms with E-state index in [1.807, 2.05) is 73.0 Å². The van der Waals surface area contributed by atoms with Crippen LogP contribution in [-0.2, 0) is 16.6 Å². The van der Waals surface area contributed by atoms with Crippen molar-refractivity contribution in [3.05, 3.63) is 95.5 Å². The van der Waals surface area contributed by atoms with Crippen molar-refractivity contribution >= 4 is 21.4 Å². The van der Waals surface area contributed by atoms with Crippen LogP contribution in [0.1, 0.15) is 11.1 Å². The molecule has 1 N–H and O–H groups in total. The molecule has 0 aliphatic heterocycles. The van der Waals surface area contributed by atoms with Gasteiger partial charge < -0.3 is 0 Å². The molecule has 0 spiro atoms. The Morgan fingerprint density at radius 2 is 1.59 bits per heavy atom. The van der Waals surface area contributed by atoms with E-state index in [-0.39, 0.29) is 11.4 Å². The maximum absolute atomic E-state index is 12.8. The minimum Gasteiger partial charge on any atom is -0.255 e. The van der Waals surface area contributed by atoms with Gasteiger partial charge in [0.25, 0.3) is 0 Å². The van der Waals surface area contributed by atoms with Crippen LogP contribution < -0.4 is 4.72 Å². The summed E-state index contributed by atoms with van der Waals surface area (Å²) in [5.41, 5.74) is 4.88. The summed E-state index contributed by atoms with van der Waals surface area (Å²) in [5, 5.41) is 1.98. The molecule has 0 bridgehead atoms. The van der Waals surface area contributed by atoms with Gasteiger partial charge in [0, 0.05) is 12.7 Å². The second-order valence-electron chi connectivity index (χ2n) is 6.70. The van der Waals surface area contributed by atoms with Gasteiger partial charge in [-0.25, -0.2) is 13.1 Å². The summed E-state index contributed by atoms with van der Waals surface area (Å²) < 4.78 is 28.2. The Labute approximate surface area is 175 Å². The molecule has 4 nitrogen and oxygen atoms in total. The lowest BCUT2D eigenvalue weighted by Gasteiger charge is -2.10. The van der Waals surface area contributed by atoms with Gasteiger partial charge in [-0.3, -0.25) is 4.98 Å². The van der Waals surface area contributed by atoms with E-state index in [9.17, 15) is 8.42 Å². The van der Waals surface area contributed by atoms with Crippen molar-refractivity contribution in [3.63, 3.8) is 0 Å². The quantitative estimate of drug-likeness (QED) is 0.463. The predicted molar refractivity (Wildman–Crippen MR) is 118 cm³/mol. The van der Waals surface area contributed by atoms with E-state index < -0.39 is 10.0 Å². The predicted octanol–water partition coefficient (Wildman–Crippen LogP) is 5.26. The minimum atomic E-state index is -3.62. The third kappa shape index (κ3) is 4.45. The molecule has 2 aromatic heterocycles. The minimum absolute atomic E-state index is 0.184. The molecule has 0 saturated heterocycles. The zero-order chi connectivity index (χ0) is 20.3. The van der Waals surface area contributed by atoms with Crippen LogP contribution in [-0.4, -0.2) is 13.4 Å². The molecule has 0 amide bonds. The van der Waals surface area contributed by atoms with E-state index in [1.165, 1.54) is 5.56 Å². The molecule has 0 unspecified atom stereocenters. The Balaban J connectivity index is 1.52. The zero-order valence-electron chi connectivity index (χ0n) is 15.9. The van der Waals surface area contributed by atoms with E-state index in [0.29, 0.717) is 0 Å². The second-order valence-corrected chi connectivity index (χ2v) is 9.42. The first-order chi connectivity index (χ1) is 14.0. The molecule has 0 atom stereocenters. The first-order valence-corrected chi connectivity index (χ1v) is 11.5. The van der Waals surface area contributed by atoms with E-state index >= 15 is 0 Å². The highest BCUT2D eigenvalue weighted by Crippen LogP contribution is 2.26. The van der Waals surface area contributed by atoms with Gasteiger partial charge in [-0.2, -0.15) is 0 Å². The Bertz CT molecular complexity index is 1200. The van der Waals surface area contributed by atoms with Crippen LogP contribution >= 0.6 is 11.3 Å². The number of pyridine rings is 1. The maximum Gasteiger partial charge on any atom is 0.240 e. The summed E-state index contributed by atoms with van der Waals surface area (Å²) in [5.74, 6) is 0. The average Bonchev–Trinajstić information content (AvgIpc) is 3.28. The van der Waals surface area contributed by atoms with Crippen molar-refractivity contribution in [1.82, 2.24) is 9.71 Å². The number of aryl methyl sites for hydroxylation is 1. The van der Waals surface area contributed by atoms with E-state index in [0.717, 1.165) is 27.3 Å². The number of hydrogen-bond donors (Lipinski definition) is 1. The van der Waals surface area contributed by atoms with E-state index in [2.05, 4.69) is 9.71 Å². The lowest BCUT2D eigenvalue weighted by atomic mass is 10.0. The van der Waals surface area contributed by atoms with Gasteiger partial charge in [0.05, 0.1) is 15.5 Å². The highest BCUT2D eigenvalue weighted by Gasteiger charge is 2.16. The van der Waals surface area contributed by atoms with Gasteiger partial charge in [0.1, 0.15) is 0 Å². The van der Waals surface area contributed by atoms with Gasteiger partial charge in [0.15, 0.2) is 0 Å². The fraction of sp³-hybridized carbons (Fsp3) is 0.0870. The summed E-state index contributed by atoms with van der Waals surface area (Å²) >= 11 is 1.58. The van der Waals surface area contributed by atoms with Gasteiger partial charge in [-0.05, 0) is 53.3 Å². The van der Waals surface area contributed by atoms with Crippen molar-refractivity contribution < 1.29 is 8.42 Å².